The summed E-state index contributed by atoms with van der Waals surface area (Å²) >= 11 is 0. The van der Waals surface area contributed by atoms with Gasteiger partial charge in [-0.05, 0) is 66.0 Å². The van der Waals surface area contributed by atoms with Gasteiger partial charge in [-0.3, -0.25) is 9.34 Å². The van der Waals surface area contributed by atoms with Crippen molar-refractivity contribution >= 4 is 16.1 Å². The standard InChI is InChI=1S/C16H38N2P2/c1-9-17(10-2)19(15(5)6)13-14-20(16(7)8)18(11-3)12-4/h15-16H,9-14H2,1-8H3. The summed E-state index contributed by atoms with van der Waals surface area (Å²) in [6.07, 6.45) is 2.85. The van der Waals surface area contributed by atoms with Crippen molar-refractivity contribution in [2.24, 2.45) is 0 Å². The highest BCUT2D eigenvalue weighted by molar-refractivity contribution is 7.60. The van der Waals surface area contributed by atoms with Crippen LogP contribution in [0, 0.1) is 0 Å². The van der Waals surface area contributed by atoms with E-state index in [1.807, 2.05) is 0 Å². The van der Waals surface area contributed by atoms with Crippen molar-refractivity contribution in [1.82, 2.24) is 9.34 Å². The van der Waals surface area contributed by atoms with Crippen LogP contribution in [-0.2, 0) is 0 Å². The molecule has 0 aliphatic carbocycles. The first kappa shape index (κ1) is 20.8. The SMILES string of the molecule is CCN(CC)P(CCP(C(C)C)N(CC)CC)C(C)C. The molecule has 0 bridgehead atoms. The van der Waals surface area contributed by atoms with Gasteiger partial charge in [0.2, 0.25) is 0 Å². The molecule has 0 aliphatic heterocycles. The zero-order valence-electron chi connectivity index (χ0n) is 15.2. The average Bonchev–Trinajstić information content (AvgIpc) is 2.41. The molecule has 0 aliphatic rings. The molecule has 2 unspecified atom stereocenters. The molecule has 0 N–H and O–H groups in total. The second kappa shape index (κ2) is 11.4. The lowest BCUT2D eigenvalue weighted by molar-refractivity contribution is 0.496. The van der Waals surface area contributed by atoms with Crippen molar-refractivity contribution < 1.29 is 0 Å². The summed E-state index contributed by atoms with van der Waals surface area (Å²) in [6.45, 7) is 23.8. The molecule has 0 heterocycles. The van der Waals surface area contributed by atoms with Gasteiger partial charge >= 0.3 is 0 Å². The third-order valence-corrected chi connectivity index (χ3v) is 10.6. The molecule has 0 spiro atoms. The summed E-state index contributed by atoms with van der Waals surface area (Å²) < 4.78 is 5.44. The van der Waals surface area contributed by atoms with Gasteiger partial charge in [-0.1, -0.05) is 55.4 Å². The molecule has 0 aromatic carbocycles. The second-order valence-electron chi connectivity index (χ2n) is 5.79. The van der Waals surface area contributed by atoms with E-state index in [1.54, 1.807) is 0 Å². The summed E-state index contributed by atoms with van der Waals surface area (Å²) in [5, 5.41) is 0. The van der Waals surface area contributed by atoms with E-state index >= 15 is 0 Å². The molecule has 4 heteroatoms. The summed E-state index contributed by atoms with van der Waals surface area (Å²) in [5.74, 6) is 0. The van der Waals surface area contributed by atoms with Crippen molar-refractivity contribution in [2.45, 2.75) is 66.7 Å². The van der Waals surface area contributed by atoms with Crippen molar-refractivity contribution in [1.29, 1.82) is 0 Å². The molecule has 122 valence electrons. The minimum Gasteiger partial charge on any atom is -0.282 e. The van der Waals surface area contributed by atoms with Crippen LogP contribution in [0.25, 0.3) is 0 Å². The Morgan fingerprint density at radius 2 is 0.850 bits per heavy atom. The molecule has 20 heavy (non-hydrogen) atoms. The maximum absolute atomic E-state index is 2.72. The van der Waals surface area contributed by atoms with Crippen LogP contribution in [-0.4, -0.2) is 59.2 Å². The van der Waals surface area contributed by atoms with E-state index in [1.165, 1.54) is 38.5 Å². The minimum absolute atomic E-state index is 0.0475. The Labute approximate surface area is 131 Å². The molecule has 2 atom stereocenters. The molecule has 0 fully saturated rings. The first-order valence-electron chi connectivity index (χ1n) is 8.45. The normalized spacial score (nSPS) is 15.6. The van der Waals surface area contributed by atoms with Crippen molar-refractivity contribution in [3.63, 3.8) is 0 Å². The number of hydrogen-bond donors (Lipinski definition) is 0. The van der Waals surface area contributed by atoms with E-state index in [4.69, 9.17) is 0 Å². The molecule has 0 aromatic heterocycles. The van der Waals surface area contributed by atoms with E-state index in [0.29, 0.717) is 0 Å². The highest BCUT2D eigenvalue weighted by Gasteiger charge is 2.24. The van der Waals surface area contributed by atoms with Gasteiger partial charge in [0, 0.05) is 0 Å². The van der Waals surface area contributed by atoms with Crippen LogP contribution in [0.4, 0.5) is 0 Å². The zero-order valence-corrected chi connectivity index (χ0v) is 17.0. The summed E-state index contributed by atoms with van der Waals surface area (Å²) in [6, 6.07) is 0. The topological polar surface area (TPSA) is 6.48 Å². The third-order valence-electron chi connectivity index (χ3n) is 3.94. The zero-order chi connectivity index (χ0) is 15.7. The van der Waals surface area contributed by atoms with Gasteiger partial charge in [0.1, 0.15) is 0 Å². The monoisotopic (exact) mass is 320 g/mol. The Morgan fingerprint density at radius 1 is 0.600 bits per heavy atom. The third kappa shape index (κ3) is 6.69. The van der Waals surface area contributed by atoms with Crippen LogP contribution in [0.1, 0.15) is 55.4 Å². The Morgan fingerprint density at radius 3 is 1.00 bits per heavy atom. The van der Waals surface area contributed by atoms with Gasteiger partial charge in [-0.25, -0.2) is 0 Å². The summed E-state index contributed by atoms with van der Waals surface area (Å²) in [4.78, 5) is 0. The van der Waals surface area contributed by atoms with Crippen molar-refractivity contribution in [2.75, 3.05) is 38.5 Å². The van der Waals surface area contributed by atoms with Crippen molar-refractivity contribution in [3.05, 3.63) is 0 Å². The molecule has 0 radical (unpaired) electrons. The molecule has 0 aromatic rings. The summed E-state index contributed by atoms with van der Waals surface area (Å²) in [5.41, 5.74) is 1.65. The van der Waals surface area contributed by atoms with Crippen molar-refractivity contribution in [3.8, 4) is 0 Å². The molecule has 0 saturated heterocycles. The van der Waals surface area contributed by atoms with Gasteiger partial charge in [0.05, 0.1) is 0 Å². The second-order valence-corrected chi connectivity index (χ2v) is 11.6. The Bertz CT molecular complexity index is 203. The average molecular weight is 320 g/mol. The lowest BCUT2D eigenvalue weighted by atomic mass is 10.6. The maximum atomic E-state index is 2.72. The fourth-order valence-electron chi connectivity index (χ4n) is 2.83. The van der Waals surface area contributed by atoms with Gasteiger partial charge in [-0.15, -0.1) is 0 Å². The van der Waals surface area contributed by atoms with Gasteiger partial charge in [-0.2, -0.15) is 0 Å². The largest absolute Gasteiger partial charge is 0.282 e. The fraction of sp³-hybridized carbons (Fsp3) is 1.00. The first-order valence-corrected chi connectivity index (χ1v) is 11.5. The van der Waals surface area contributed by atoms with Crippen LogP contribution in [0.15, 0.2) is 0 Å². The molecule has 2 nitrogen and oxygen atoms in total. The fourth-order valence-corrected chi connectivity index (χ4v) is 8.83. The number of nitrogens with zero attached hydrogens (tertiary/aromatic N) is 2. The first-order chi connectivity index (χ1) is 9.42. The number of hydrogen-bond acceptors (Lipinski definition) is 2. The molecule has 0 rings (SSSR count). The van der Waals surface area contributed by atoms with Gasteiger partial charge in [0.15, 0.2) is 0 Å². The molecular weight excluding hydrogens is 282 g/mol. The number of rotatable bonds is 11. The smallest absolute Gasteiger partial charge is 0.000757 e. The molecule has 0 saturated carbocycles. The quantitative estimate of drug-likeness (QED) is 0.478. The van der Waals surface area contributed by atoms with Gasteiger partial charge < -0.3 is 0 Å². The Balaban J connectivity index is 4.70. The van der Waals surface area contributed by atoms with E-state index in [0.717, 1.165) is 11.3 Å². The van der Waals surface area contributed by atoms with Crippen LogP contribution in [0.5, 0.6) is 0 Å². The van der Waals surface area contributed by atoms with Gasteiger partial charge in [0.25, 0.3) is 0 Å². The summed E-state index contributed by atoms with van der Waals surface area (Å²) in [7, 11) is 0.0950. The molecular formula is C16H38N2P2. The predicted octanol–water partition coefficient (Wildman–Crippen LogP) is 5.28. The lowest BCUT2D eigenvalue weighted by Gasteiger charge is -2.37. The predicted molar refractivity (Wildman–Crippen MR) is 99.7 cm³/mol. The van der Waals surface area contributed by atoms with E-state index in [2.05, 4.69) is 64.7 Å². The van der Waals surface area contributed by atoms with E-state index in [-0.39, 0.29) is 16.1 Å². The lowest BCUT2D eigenvalue weighted by Crippen LogP contribution is -2.26. The minimum atomic E-state index is 0.0475. The van der Waals surface area contributed by atoms with Crippen LogP contribution in [0.2, 0.25) is 0 Å². The highest BCUT2D eigenvalue weighted by atomic mass is 31.1. The maximum Gasteiger partial charge on any atom is -0.000757 e. The van der Waals surface area contributed by atoms with E-state index < -0.39 is 0 Å². The molecule has 0 amide bonds. The van der Waals surface area contributed by atoms with Crippen LogP contribution < -0.4 is 0 Å². The Kier molecular flexibility index (Phi) is 11.8. The highest BCUT2D eigenvalue weighted by Crippen LogP contribution is 2.51. The van der Waals surface area contributed by atoms with Crippen LogP contribution in [0.3, 0.4) is 0 Å². The Hall–Kier alpha value is 0.780. The van der Waals surface area contributed by atoms with Crippen LogP contribution >= 0.6 is 16.1 Å². The van der Waals surface area contributed by atoms with E-state index in [9.17, 15) is 0 Å².